The summed E-state index contributed by atoms with van der Waals surface area (Å²) in [5.41, 5.74) is 1.76. The first kappa shape index (κ1) is 22.8. The molecule has 31 heavy (non-hydrogen) atoms. The fraction of sp³-hybridized carbons (Fsp3) is 0.348. The molecule has 0 radical (unpaired) electrons. The fourth-order valence-corrected chi connectivity index (χ4v) is 4.17. The van der Waals surface area contributed by atoms with Gasteiger partial charge in [-0.05, 0) is 43.2 Å². The first-order chi connectivity index (χ1) is 14.9. The predicted octanol–water partition coefficient (Wildman–Crippen LogP) is 5.40. The molecule has 1 heterocycles. The molecular formula is C23H24F2N2O3S. The number of halogens is 2. The van der Waals surface area contributed by atoms with E-state index in [1.54, 1.807) is 6.92 Å². The molecule has 3 rings (SSSR count). The highest BCUT2D eigenvalue weighted by Crippen LogP contribution is 2.28. The van der Waals surface area contributed by atoms with Crippen molar-refractivity contribution in [2.45, 2.75) is 46.1 Å². The van der Waals surface area contributed by atoms with Crippen LogP contribution in [0, 0.1) is 11.6 Å². The first-order valence-electron chi connectivity index (χ1n) is 10.2. The Morgan fingerprint density at radius 3 is 2.48 bits per heavy atom. The fourth-order valence-electron chi connectivity index (χ4n) is 3.22. The number of hydrogen-bond acceptors (Lipinski definition) is 5. The molecule has 0 aliphatic rings. The van der Waals surface area contributed by atoms with E-state index in [0.717, 1.165) is 24.5 Å². The summed E-state index contributed by atoms with van der Waals surface area (Å²) >= 11 is 1.20. The summed E-state index contributed by atoms with van der Waals surface area (Å²) in [7, 11) is 0. The number of esters is 1. The molecule has 0 N–H and O–H groups in total. The topological polar surface area (TPSA) is 59.5 Å². The lowest BCUT2D eigenvalue weighted by Crippen LogP contribution is -2.30. The Bertz CT molecular complexity index is 1070. The third kappa shape index (κ3) is 5.64. The van der Waals surface area contributed by atoms with Crippen LogP contribution in [0.1, 0.15) is 43.7 Å². The highest BCUT2D eigenvalue weighted by atomic mass is 32.1. The Labute approximate surface area is 183 Å². The molecule has 0 fully saturated rings. The van der Waals surface area contributed by atoms with Gasteiger partial charge in [-0.2, -0.15) is 0 Å². The maximum absolute atomic E-state index is 14.1. The largest absolute Gasteiger partial charge is 0.466 e. The van der Waals surface area contributed by atoms with Gasteiger partial charge < -0.3 is 9.64 Å². The number of aromatic nitrogens is 1. The molecule has 5 nitrogen and oxygen atoms in total. The van der Waals surface area contributed by atoms with E-state index < -0.39 is 17.6 Å². The van der Waals surface area contributed by atoms with Gasteiger partial charge in [0.2, 0.25) is 5.91 Å². The van der Waals surface area contributed by atoms with Crippen molar-refractivity contribution in [2.24, 2.45) is 0 Å². The van der Waals surface area contributed by atoms with Crippen molar-refractivity contribution in [3.05, 3.63) is 58.6 Å². The van der Waals surface area contributed by atoms with Gasteiger partial charge in [0.1, 0.15) is 10.5 Å². The standard InChI is InChI=1S/C23H24F2N2O3S/c1-3-5-15-6-8-16(9-7-15)27(20(28)12-13-21(29)30-4-2)14-19-26-23-18(31-19)11-10-17(24)22(23)25/h6-11H,3-5,12-14H2,1-2H3. The van der Waals surface area contributed by atoms with Crippen LogP contribution in [-0.2, 0) is 27.3 Å². The number of benzene rings is 2. The third-order valence-electron chi connectivity index (χ3n) is 4.73. The first-order valence-corrected chi connectivity index (χ1v) is 11.0. The Morgan fingerprint density at radius 2 is 1.81 bits per heavy atom. The van der Waals surface area contributed by atoms with Crippen molar-refractivity contribution in [3.8, 4) is 0 Å². The molecule has 0 aliphatic heterocycles. The number of carbonyl (C=O) groups is 2. The average molecular weight is 447 g/mol. The zero-order valence-corrected chi connectivity index (χ0v) is 18.3. The van der Waals surface area contributed by atoms with E-state index >= 15 is 0 Å². The average Bonchev–Trinajstić information content (AvgIpc) is 3.18. The highest BCUT2D eigenvalue weighted by molar-refractivity contribution is 7.18. The van der Waals surface area contributed by atoms with Crippen LogP contribution < -0.4 is 4.90 Å². The maximum Gasteiger partial charge on any atom is 0.306 e. The SMILES string of the molecule is CCCc1ccc(N(Cc2nc3c(F)c(F)ccc3s2)C(=O)CCC(=O)OCC)cc1. The minimum absolute atomic E-state index is 0.0244. The Morgan fingerprint density at radius 1 is 1.06 bits per heavy atom. The molecule has 0 saturated carbocycles. The van der Waals surface area contributed by atoms with Crippen LogP contribution in [0.3, 0.4) is 0 Å². The number of anilines is 1. The predicted molar refractivity (Wildman–Crippen MR) is 117 cm³/mol. The second-order valence-corrected chi connectivity index (χ2v) is 8.13. The number of hydrogen-bond donors (Lipinski definition) is 0. The van der Waals surface area contributed by atoms with Crippen LogP contribution in [0.2, 0.25) is 0 Å². The van der Waals surface area contributed by atoms with Crippen molar-refractivity contribution in [3.63, 3.8) is 0 Å². The molecule has 0 spiro atoms. The third-order valence-corrected chi connectivity index (χ3v) is 5.73. The van der Waals surface area contributed by atoms with Crippen LogP contribution in [0.5, 0.6) is 0 Å². The Hall–Kier alpha value is -2.87. The Balaban J connectivity index is 1.86. The minimum Gasteiger partial charge on any atom is -0.466 e. The van der Waals surface area contributed by atoms with Gasteiger partial charge in [0.25, 0.3) is 0 Å². The number of ether oxygens (including phenoxy) is 1. The molecule has 0 bridgehead atoms. The van der Waals surface area contributed by atoms with E-state index in [1.165, 1.54) is 22.3 Å². The van der Waals surface area contributed by atoms with Crippen molar-refractivity contribution in [1.82, 2.24) is 4.98 Å². The van der Waals surface area contributed by atoms with Gasteiger partial charge in [-0.3, -0.25) is 9.59 Å². The van der Waals surface area contributed by atoms with E-state index in [4.69, 9.17) is 4.74 Å². The highest BCUT2D eigenvalue weighted by Gasteiger charge is 2.21. The summed E-state index contributed by atoms with van der Waals surface area (Å²) in [6, 6.07) is 10.1. The van der Waals surface area contributed by atoms with Crippen LogP contribution in [0.25, 0.3) is 10.2 Å². The summed E-state index contributed by atoms with van der Waals surface area (Å²) in [5.74, 6) is -2.67. The number of fused-ring (bicyclic) bond motifs is 1. The lowest BCUT2D eigenvalue weighted by Gasteiger charge is -2.22. The van der Waals surface area contributed by atoms with Gasteiger partial charge in [-0.1, -0.05) is 25.5 Å². The monoisotopic (exact) mass is 446 g/mol. The minimum atomic E-state index is -0.996. The molecule has 164 valence electrons. The number of aryl methyl sites for hydroxylation is 1. The van der Waals surface area contributed by atoms with Crippen molar-refractivity contribution in [2.75, 3.05) is 11.5 Å². The lowest BCUT2D eigenvalue weighted by atomic mass is 10.1. The summed E-state index contributed by atoms with van der Waals surface area (Å²) < 4.78 is 33.0. The van der Waals surface area contributed by atoms with E-state index in [9.17, 15) is 18.4 Å². The summed E-state index contributed by atoms with van der Waals surface area (Å²) in [4.78, 5) is 30.4. The van der Waals surface area contributed by atoms with Crippen LogP contribution >= 0.6 is 11.3 Å². The summed E-state index contributed by atoms with van der Waals surface area (Å²) in [5, 5.41) is 0.474. The molecule has 0 aliphatic carbocycles. The summed E-state index contributed by atoms with van der Waals surface area (Å²) in [6.07, 6.45) is 1.88. The van der Waals surface area contributed by atoms with Gasteiger partial charge in [0.05, 0.1) is 24.3 Å². The molecule has 0 saturated heterocycles. The smallest absolute Gasteiger partial charge is 0.306 e. The molecule has 1 aromatic heterocycles. The van der Waals surface area contributed by atoms with Gasteiger partial charge in [0.15, 0.2) is 11.6 Å². The van der Waals surface area contributed by atoms with Crippen LogP contribution in [0.15, 0.2) is 36.4 Å². The van der Waals surface area contributed by atoms with Crippen molar-refractivity contribution in [1.29, 1.82) is 0 Å². The second-order valence-electron chi connectivity index (χ2n) is 7.02. The molecule has 1 amide bonds. The van der Waals surface area contributed by atoms with E-state index in [2.05, 4.69) is 11.9 Å². The maximum atomic E-state index is 14.1. The van der Waals surface area contributed by atoms with E-state index in [0.29, 0.717) is 15.4 Å². The van der Waals surface area contributed by atoms with Crippen molar-refractivity contribution >= 4 is 39.1 Å². The summed E-state index contributed by atoms with van der Waals surface area (Å²) in [6.45, 7) is 4.14. The normalized spacial score (nSPS) is 11.0. The van der Waals surface area contributed by atoms with E-state index in [1.807, 2.05) is 24.3 Å². The molecule has 3 aromatic rings. The van der Waals surface area contributed by atoms with Crippen molar-refractivity contribution < 1.29 is 23.1 Å². The van der Waals surface area contributed by atoms with Crippen LogP contribution in [0.4, 0.5) is 14.5 Å². The zero-order chi connectivity index (χ0) is 22.4. The number of nitrogens with zero attached hydrogens (tertiary/aromatic N) is 2. The molecule has 2 aromatic carbocycles. The Kier molecular flexibility index (Phi) is 7.68. The van der Waals surface area contributed by atoms with Gasteiger partial charge in [-0.15, -0.1) is 11.3 Å². The quantitative estimate of drug-likeness (QED) is 0.413. The second kappa shape index (κ2) is 10.4. The van der Waals surface area contributed by atoms with Gasteiger partial charge in [0, 0.05) is 12.1 Å². The number of thiazole rings is 1. The number of rotatable bonds is 9. The molecule has 0 atom stereocenters. The molecule has 8 heteroatoms. The van der Waals surface area contributed by atoms with E-state index in [-0.39, 0.29) is 37.4 Å². The lowest BCUT2D eigenvalue weighted by molar-refractivity contribution is -0.144. The number of amides is 1. The molecule has 0 unspecified atom stereocenters. The number of carbonyl (C=O) groups excluding carboxylic acids is 2. The van der Waals surface area contributed by atoms with Crippen LogP contribution in [-0.4, -0.2) is 23.5 Å². The zero-order valence-electron chi connectivity index (χ0n) is 17.5. The molecular weight excluding hydrogens is 422 g/mol. The van der Waals surface area contributed by atoms with Gasteiger partial charge >= 0.3 is 5.97 Å². The van der Waals surface area contributed by atoms with Gasteiger partial charge in [-0.25, -0.2) is 13.8 Å².